The van der Waals surface area contributed by atoms with Crippen molar-refractivity contribution in [3.63, 3.8) is 0 Å². The van der Waals surface area contributed by atoms with Gasteiger partial charge in [0.2, 0.25) is 5.78 Å². The number of ether oxygens (including phenoxy) is 2. The van der Waals surface area contributed by atoms with Gasteiger partial charge in [-0.05, 0) is 41.8 Å². The van der Waals surface area contributed by atoms with E-state index in [1.54, 1.807) is 36.4 Å². The molecular weight excluding hydrogens is 420 g/mol. The molecule has 33 heavy (non-hydrogen) atoms. The lowest BCUT2D eigenvalue weighted by molar-refractivity contribution is -0.136. The van der Waals surface area contributed by atoms with Gasteiger partial charge in [0, 0.05) is 18.2 Å². The highest BCUT2D eigenvalue weighted by molar-refractivity contribution is 6.08. The molecule has 0 spiro atoms. The molecule has 7 nitrogen and oxygen atoms in total. The van der Waals surface area contributed by atoms with Crippen LogP contribution in [0.5, 0.6) is 11.5 Å². The minimum absolute atomic E-state index is 0.101. The summed E-state index contributed by atoms with van der Waals surface area (Å²) >= 11 is 0. The van der Waals surface area contributed by atoms with Crippen LogP contribution in [0.1, 0.15) is 27.3 Å². The molecule has 4 rings (SSSR count). The molecule has 0 bridgehead atoms. The number of hydrogen-bond donors (Lipinski definition) is 1. The van der Waals surface area contributed by atoms with Crippen LogP contribution in [0.25, 0.3) is 11.0 Å². The van der Waals surface area contributed by atoms with E-state index in [-0.39, 0.29) is 18.0 Å². The van der Waals surface area contributed by atoms with E-state index < -0.39 is 5.97 Å². The minimum atomic E-state index is -0.913. The van der Waals surface area contributed by atoms with Gasteiger partial charge in [0.15, 0.2) is 5.82 Å². The van der Waals surface area contributed by atoms with Crippen molar-refractivity contribution in [1.29, 1.82) is 0 Å². The Kier molecular flexibility index (Phi) is 6.40. The predicted octanol–water partition coefficient (Wildman–Crippen LogP) is 4.15. The Morgan fingerprint density at radius 1 is 0.909 bits per heavy atom. The zero-order valence-corrected chi connectivity index (χ0v) is 18.4. The van der Waals surface area contributed by atoms with E-state index in [4.69, 9.17) is 9.47 Å². The molecule has 4 aromatic rings. The SMILES string of the molecule is COc1cc(OC)cc(C(=O)c2nc3ccc(CC(=O)O)cc3n2CCc2ccccc2)c1. The lowest BCUT2D eigenvalue weighted by Crippen LogP contribution is -2.13. The summed E-state index contributed by atoms with van der Waals surface area (Å²) in [5, 5.41) is 9.20. The van der Waals surface area contributed by atoms with E-state index in [9.17, 15) is 14.7 Å². The molecule has 7 heteroatoms. The van der Waals surface area contributed by atoms with Crippen molar-refractivity contribution >= 4 is 22.8 Å². The van der Waals surface area contributed by atoms with Gasteiger partial charge in [-0.3, -0.25) is 9.59 Å². The third-order valence-corrected chi connectivity index (χ3v) is 5.45. The Balaban J connectivity index is 1.80. The number of hydrogen-bond acceptors (Lipinski definition) is 5. The molecule has 1 N–H and O–H groups in total. The van der Waals surface area contributed by atoms with Crippen molar-refractivity contribution in [3.8, 4) is 11.5 Å². The molecule has 3 aromatic carbocycles. The maximum absolute atomic E-state index is 13.6. The monoisotopic (exact) mass is 444 g/mol. The third kappa shape index (κ3) is 4.87. The lowest BCUT2D eigenvalue weighted by atomic mass is 10.1. The number of ketones is 1. The molecule has 1 aromatic heterocycles. The molecule has 0 unspecified atom stereocenters. The first-order valence-corrected chi connectivity index (χ1v) is 10.5. The van der Waals surface area contributed by atoms with Crippen molar-refractivity contribution in [1.82, 2.24) is 9.55 Å². The molecule has 168 valence electrons. The first-order chi connectivity index (χ1) is 16.0. The third-order valence-electron chi connectivity index (χ3n) is 5.45. The molecule has 0 amide bonds. The van der Waals surface area contributed by atoms with Crippen LogP contribution in [0.4, 0.5) is 0 Å². The zero-order chi connectivity index (χ0) is 23.4. The highest BCUT2D eigenvalue weighted by Crippen LogP contribution is 2.26. The highest BCUT2D eigenvalue weighted by atomic mass is 16.5. The van der Waals surface area contributed by atoms with E-state index in [1.165, 1.54) is 14.2 Å². The molecule has 0 aliphatic heterocycles. The number of aliphatic carboxylic acids is 1. The summed E-state index contributed by atoms with van der Waals surface area (Å²) in [6.45, 7) is 0.513. The second-order valence-electron chi connectivity index (χ2n) is 7.65. The molecule has 0 saturated heterocycles. The number of fused-ring (bicyclic) bond motifs is 1. The Bertz CT molecular complexity index is 1290. The average Bonchev–Trinajstić information content (AvgIpc) is 3.19. The molecule has 1 heterocycles. The Labute approximate surface area is 191 Å². The zero-order valence-electron chi connectivity index (χ0n) is 18.4. The van der Waals surface area contributed by atoms with Gasteiger partial charge in [0.1, 0.15) is 11.5 Å². The van der Waals surface area contributed by atoms with Gasteiger partial charge in [0.25, 0.3) is 0 Å². The van der Waals surface area contributed by atoms with Gasteiger partial charge < -0.3 is 19.1 Å². The van der Waals surface area contributed by atoms with Crippen LogP contribution in [0.15, 0.2) is 66.7 Å². The van der Waals surface area contributed by atoms with Crippen molar-refractivity contribution in [3.05, 3.63) is 89.2 Å². The van der Waals surface area contributed by atoms with Crippen LogP contribution in [0.3, 0.4) is 0 Å². The normalized spacial score (nSPS) is 10.8. The topological polar surface area (TPSA) is 90.7 Å². The summed E-state index contributed by atoms with van der Waals surface area (Å²) in [5.74, 6) is 0.117. The van der Waals surface area contributed by atoms with Crippen LogP contribution in [0, 0.1) is 0 Å². The average molecular weight is 444 g/mol. The fraction of sp³-hybridized carbons (Fsp3) is 0.192. The summed E-state index contributed by atoms with van der Waals surface area (Å²) in [4.78, 5) is 29.4. The summed E-state index contributed by atoms with van der Waals surface area (Å²) in [6.07, 6.45) is 0.591. The Hall–Kier alpha value is -4.13. The number of benzene rings is 3. The molecule has 0 aliphatic carbocycles. The number of aryl methyl sites for hydroxylation is 2. The number of carboxylic acids is 1. The van der Waals surface area contributed by atoms with Crippen LogP contribution in [-0.4, -0.2) is 40.6 Å². The number of rotatable bonds is 9. The van der Waals surface area contributed by atoms with Crippen molar-refractivity contribution in [2.24, 2.45) is 0 Å². The minimum Gasteiger partial charge on any atom is -0.497 e. The van der Waals surface area contributed by atoms with Gasteiger partial charge >= 0.3 is 5.97 Å². The van der Waals surface area contributed by atoms with Gasteiger partial charge in [0.05, 0.1) is 31.7 Å². The summed E-state index contributed by atoms with van der Waals surface area (Å²) in [5.41, 5.74) is 3.53. The molecule has 0 fully saturated rings. The predicted molar refractivity (Wildman–Crippen MR) is 124 cm³/mol. The van der Waals surface area contributed by atoms with Gasteiger partial charge in [-0.25, -0.2) is 4.98 Å². The largest absolute Gasteiger partial charge is 0.497 e. The van der Waals surface area contributed by atoms with E-state index in [2.05, 4.69) is 4.98 Å². The maximum Gasteiger partial charge on any atom is 0.307 e. The first-order valence-electron chi connectivity index (χ1n) is 10.5. The maximum atomic E-state index is 13.6. The van der Waals surface area contributed by atoms with Gasteiger partial charge in [-0.2, -0.15) is 0 Å². The fourth-order valence-electron chi connectivity index (χ4n) is 3.81. The van der Waals surface area contributed by atoms with Crippen LogP contribution >= 0.6 is 0 Å². The van der Waals surface area contributed by atoms with Gasteiger partial charge in [-0.15, -0.1) is 0 Å². The van der Waals surface area contributed by atoms with Gasteiger partial charge in [-0.1, -0.05) is 36.4 Å². The number of aromatic nitrogens is 2. The second-order valence-corrected chi connectivity index (χ2v) is 7.65. The molecule has 0 saturated carbocycles. The number of carbonyl (C=O) groups is 2. The van der Waals surface area contributed by atoms with Crippen molar-refractivity contribution in [2.45, 2.75) is 19.4 Å². The first kappa shape index (κ1) is 22.1. The number of carbonyl (C=O) groups excluding carboxylic acids is 1. The number of nitrogens with zero attached hydrogens (tertiary/aromatic N) is 2. The van der Waals surface area contributed by atoms with E-state index in [0.717, 1.165) is 11.1 Å². The summed E-state index contributed by atoms with van der Waals surface area (Å²) < 4.78 is 12.5. The van der Waals surface area contributed by atoms with E-state index >= 15 is 0 Å². The van der Waals surface area contributed by atoms with E-state index in [1.807, 2.05) is 34.9 Å². The second kappa shape index (κ2) is 9.56. The number of methoxy groups -OCH3 is 2. The van der Waals surface area contributed by atoms with Crippen molar-refractivity contribution < 1.29 is 24.2 Å². The Morgan fingerprint density at radius 2 is 1.61 bits per heavy atom. The molecule has 0 aliphatic rings. The standard InChI is InChI=1S/C26H24N2O5/c1-32-20-14-19(15-21(16-20)33-2)25(31)26-27-22-9-8-18(13-24(29)30)12-23(22)28(26)11-10-17-6-4-3-5-7-17/h3-9,12,14-16H,10-11,13H2,1-2H3,(H,29,30). The summed E-state index contributed by atoms with van der Waals surface area (Å²) in [6, 6.07) is 20.3. The van der Waals surface area contributed by atoms with E-state index in [0.29, 0.717) is 41.1 Å². The number of carboxylic acid groups (broad SMARTS) is 1. The highest BCUT2D eigenvalue weighted by Gasteiger charge is 2.21. The molecule has 0 atom stereocenters. The van der Waals surface area contributed by atoms with Crippen LogP contribution in [0.2, 0.25) is 0 Å². The Morgan fingerprint density at radius 3 is 2.24 bits per heavy atom. The number of imidazole rings is 1. The molecular formula is C26H24N2O5. The van der Waals surface area contributed by atoms with Crippen LogP contribution < -0.4 is 9.47 Å². The lowest BCUT2D eigenvalue weighted by Gasteiger charge is -2.11. The van der Waals surface area contributed by atoms with Crippen molar-refractivity contribution in [2.75, 3.05) is 14.2 Å². The fourth-order valence-corrected chi connectivity index (χ4v) is 3.81. The summed E-state index contributed by atoms with van der Waals surface area (Å²) in [7, 11) is 3.06. The smallest absolute Gasteiger partial charge is 0.307 e. The van der Waals surface area contributed by atoms with Crippen LogP contribution in [-0.2, 0) is 24.2 Å². The molecule has 0 radical (unpaired) electrons. The quantitative estimate of drug-likeness (QED) is 0.390.